The van der Waals surface area contributed by atoms with Crippen LogP contribution in [0.4, 0.5) is 8.78 Å². The number of hydrogen-bond acceptors (Lipinski definition) is 1. The molecule has 0 aliphatic rings. The first-order chi connectivity index (χ1) is 8.58. The van der Waals surface area contributed by atoms with Crippen molar-refractivity contribution in [2.24, 2.45) is 0 Å². The van der Waals surface area contributed by atoms with Gasteiger partial charge in [-0.05, 0) is 31.2 Å². The molecule has 2 rings (SSSR count). The van der Waals surface area contributed by atoms with Crippen LogP contribution in [-0.4, -0.2) is 5.11 Å². The first-order valence-corrected chi connectivity index (χ1v) is 5.33. The number of hydrogen-bond donors (Lipinski definition) is 1. The average Bonchev–Trinajstić information content (AvgIpc) is 2.37. The van der Waals surface area contributed by atoms with E-state index in [1.165, 1.54) is 6.07 Å². The van der Waals surface area contributed by atoms with Gasteiger partial charge >= 0.3 is 0 Å². The molecule has 0 heterocycles. The van der Waals surface area contributed by atoms with Crippen LogP contribution in [0.1, 0.15) is 16.7 Å². The van der Waals surface area contributed by atoms with E-state index in [0.29, 0.717) is 5.56 Å². The molecule has 0 atom stereocenters. The Morgan fingerprint density at radius 2 is 1.56 bits per heavy atom. The standard InChI is InChI=1S/C15H10F2O/c1-10-2-4-11(5-3-10)6-7-12-8-9-13(18)15(17)14(12)16/h2-5,8-9,18H,1H3. The van der Waals surface area contributed by atoms with Gasteiger partial charge in [0.1, 0.15) is 0 Å². The molecule has 1 N–H and O–H groups in total. The summed E-state index contributed by atoms with van der Waals surface area (Å²) in [5, 5.41) is 8.98. The molecule has 0 amide bonds. The van der Waals surface area contributed by atoms with Gasteiger partial charge in [0, 0.05) is 5.56 Å². The van der Waals surface area contributed by atoms with Gasteiger partial charge in [0.2, 0.25) is 5.82 Å². The van der Waals surface area contributed by atoms with Gasteiger partial charge in [-0.3, -0.25) is 0 Å². The number of aryl methyl sites for hydroxylation is 1. The highest BCUT2D eigenvalue weighted by atomic mass is 19.2. The third-order valence-electron chi connectivity index (χ3n) is 2.45. The molecule has 0 spiro atoms. The van der Waals surface area contributed by atoms with E-state index in [-0.39, 0.29) is 5.56 Å². The molecule has 3 heteroatoms. The van der Waals surface area contributed by atoms with Gasteiger partial charge in [-0.15, -0.1) is 0 Å². The topological polar surface area (TPSA) is 20.2 Å². The third kappa shape index (κ3) is 2.49. The lowest BCUT2D eigenvalue weighted by atomic mass is 10.1. The van der Waals surface area contributed by atoms with E-state index >= 15 is 0 Å². The molecule has 0 unspecified atom stereocenters. The molecule has 0 aliphatic carbocycles. The molecule has 18 heavy (non-hydrogen) atoms. The van der Waals surface area contributed by atoms with Crippen molar-refractivity contribution in [3.05, 3.63) is 64.7 Å². The smallest absolute Gasteiger partial charge is 0.201 e. The fourth-order valence-corrected chi connectivity index (χ4v) is 1.41. The molecule has 0 saturated heterocycles. The number of phenols is 1. The summed E-state index contributed by atoms with van der Waals surface area (Å²) in [6.45, 7) is 1.95. The fourth-order valence-electron chi connectivity index (χ4n) is 1.41. The Morgan fingerprint density at radius 3 is 2.22 bits per heavy atom. The normalized spacial score (nSPS) is 9.72. The van der Waals surface area contributed by atoms with Crippen molar-refractivity contribution in [3.63, 3.8) is 0 Å². The maximum Gasteiger partial charge on any atom is 0.201 e. The van der Waals surface area contributed by atoms with Crippen molar-refractivity contribution < 1.29 is 13.9 Å². The summed E-state index contributed by atoms with van der Waals surface area (Å²) in [5.74, 6) is 2.16. The van der Waals surface area contributed by atoms with E-state index in [1.807, 2.05) is 19.1 Å². The van der Waals surface area contributed by atoms with Gasteiger partial charge < -0.3 is 5.11 Å². The van der Waals surface area contributed by atoms with Crippen LogP contribution in [0.2, 0.25) is 0 Å². The van der Waals surface area contributed by atoms with Crippen molar-refractivity contribution in [2.75, 3.05) is 0 Å². The molecule has 2 aromatic rings. The van der Waals surface area contributed by atoms with E-state index in [2.05, 4.69) is 11.8 Å². The molecule has 90 valence electrons. The lowest BCUT2D eigenvalue weighted by molar-refractivity contribution is 0.406. The molecular formula is C15H10F2O. The van der Waals surface area contributed by atoms with Crippen molar-refractivity contribution in [3.8, 4) is 17.6 Å². The minimum atomic E-state index is -1.27. The van der Waals surface area contributed by atoms with Crippen LogP contribution in [-0.2, 0) is 0 Å². The molecule has 0 aliphatic heterocycles. The Hall–Kier alpha value is -2.34. The van der Waals surface area contributed by atoms with Gasteiger partial charge in [0.15, 0.2) is 11.6 Å². The third-order valence-corrected chi connectivity index (χ3v) is 2.45. The number of rotatable bonds is 0. The van der Waals surface area contributed by atoms with Gasteiger partial charge in [0.25, 0.3) is 0 Å². The Bertz CT molecular complexity index is 634. The Morgan fingerprint density at radius 1 is 0.889 bits per heavy atom. The molecule has 0 bridgehead atoms. The second-order valence-electron chi connectivity index (χ2n) is 3.88. The van der Waals surface area contributed by atoms with Crippen molar-refractivity contribution in [1.29, 1.82) is 0 Å². The SMILES string of the molecule is Cc1ccc(C#Cc2ccc(O)c(F)c2F)cc1. The maximum absolute atomic E-state index is 13.4. The lowest BCUT2D eigenvalue weighted by Crippen LogP contribution is -1.90. The number of halogens is 2. The lowest BCUT2D eigenvalue weighted by Gasteiger charge is -1.98. The second-order valence-corrected chi connectivity index (χ2v) is 3.88. The second kappa shape index (κ2) is 4.89. The zero-order chi connectivity index (χ0) is 13.1. The molecular weight excluding hydrogens is 234 g/mol. The quantitative estimate of drug-likeness (QED) is 0.704. The Kier molecular flexibility index (Phi) is 3.29. The monoisotopic (exact) mass is 244 g/mol. The first-order valence-electron chi connectivity index (χ1n) is 5.33. The Balaban J connectivity index is 2.36. The van der Waals surface area contributed by atoms with E-state index in [1.54, 1.807) is 12.1 Å². The van der Waals surface area contributed by atoms with E-state index in [4.69, 9.17) is 5.11 Å². The van der Waals surface area contributed by atoms with E-state index < -0.39 is 17.4 Å². The summed E-state index contributed by atoms with van der Waals surface area (Å²) in [6, 6.07) is 9.70. The summed E-state index contributed by atoms with van der Waals surface area (Å²) in [4.78, 5) is 0. The van der Waals surface area contributed by atoms with Crippen LogP contribution in [0, 0.1) is 30.4 Å². The van der Waals surface area contributed by atoms with Crippen LogP contribution in [0.15, 0.2) is 36.4 Å². The zero-order valence-electron chi connectivity index (χ0n) is 9.67. The maximum atomic E-state index is 13.4. The summed E-state index contributed by atoms with van der Waals surface area (Å²) >= 11 is 0. The van der Waals surface area contributed by atoms with Crippen molar-refractivity contribution in [1.82, 2.24) is 0 Å². The molecule has 1 nitrogen and oxygen atoms in total. The molecule has 2 aromatic carbocycles. The highest BCUT2D eigenvalue weighted by Crippen LogP contribution is 2.20. The van der Waals surface area contributed by atoms with Gasteiger partial charge in [-0.25, -0.2) is 4.39 Å². The minimum absolute atomic E-state index is 0.0779. The van der Waals surface area contributed by atoms with E-state index in [9.17, 15) is 8.78 Å². The van der Waals surface area contributed by atoms with Crippen LogP contribution in [0.5, 0.6) is 5.75 Å². The summed E-state index contributed by atoms with van der Waals surface area (Å²) in [7, 11) is 0. The summed E-state index contributed by atoms with van der Waals surface area (Å²) < 4.78 is 26.5. The van der Waals surface area contributed by atoms with Crippen LogP contribution >= 0.6 is 0 Å². The van der Waals surface area contributed by atoms with Crippen LogP contribution in [0.3, 0.4) is 0 Å². The summed E-state index contributed by atoms with van der Waals surface area (Å²) in [6.07, 6.45) is 0. The molecule has 0 saturated carbocycles. The highest BCUT2D eigenvalue weighted by Gasteiger charge is 2.10. The first kappa shape index (κ1) is 12.1. The number of aromatic hydroxyl groups is 1. The Labute approximate surface area is 104 Å². The fraction of sp³-hybridized carbons (Fsp3) is 0.0667. The number of phenolic OH excluding ortho intramolecular Hbond substituents is 1. The van der Waals surface area contributed by atoms with Gasteiger partial charge in [-0.2, -0.15) is 4.39 Å². The highest BCUT2D eigenvalue weighted by molar-refractivity contribution is 5.45. The van der Waals surface area contributed by atoms with Crippen molar-refractivity contribution >= 4 is 0 Å². The predicted molar refractivity (Wildman–Crippen MR) is 65.2 cm³/mol. The minimum Gasteiger partial charge on any atom is -0.505 e. The molecule has 0 fully saturated rings. The van der Waals surface area contributed by atoms with E-state index in [0.717, 1.165) is 11.6 Å². The van der Waals surface area contributed by atoms with Gasteiger partial charge in [-0.1, -0.05) is 29.5 Å². The average molecular weight is 244 g/mol. The van der Waals surface area contributed by atoms with Crippen LogP contribution in [0.25, 0.3) is 0 Å². The molecule has 0 aromatic heterocycles. The number of benzene rings is 2. The molecule has 0 radical (unpaired) electrons. The van der Waals surface area contributed by atoms with Crippen molar-refractivity contribution in [2.45, 2.75) is 6.92 Å². The zero-order valence-corrected chi connectivity index (χ0v) is 9.67. The van der Waals surface area contributed by atoms with Gasteiger partial charge in [0.05, 0.1) is 5.56 Å². The predicted octanol–water partition coefficient (Wildman–Crippen LogP) is 3.38. The largest absolute Gasteiger partial charge is 0.505 e. The van der Waals surface area contributed by atoms with Crippen LogP contribution < -0.4 is 0 Å². The summed E-state index contributed by atoms with van der Waals surface area (Å²) in [5.41, 5.74) is 1.74.